The van der Waals surface area contributed by atoms with Crippen LogP contribution in [0.3, 0.4) is 0 Å². The molecule has 0 saturated heterocycles. The number of esters is 1. The summed E-state index contributed by atoms with van der Waals surface area (Å²) in [4.78, 5) is 25.2. The van der Waals surface area contributed by atoms with Crippen LogP contribution in [-0.2, 0) is 9.53 Å². The fourth-order valence-corrected chi connectivity index (χ4v) is 3.26. The molecule has 0 bridgehead atoms. The van der Waals surface area contributed by atoms with E-state index in [2.05, 4.69) is 10.4 Å². The number of hydrogen-bond donors (Lipinski definition) is 1. The first-order chi connectivity index (χ1) is 15.2. The van der Waals surface area contributed by atoms with Gasteiger partial charge in [0.15, 0.2) is 17.6 Å². The zero-order valence-corrected chi connectivity index (χ0v) is 18.6. The molecule has 1 heterocycles. The molecule has 1 atom stereocenters. The normalized spacial score (nSPS) is 11.6. The van der Waals surface area contributed by atoms with Gasteiger partial charge in [0.25, 0.3) is 5.91 Å². The zero-order valence-electron chi connectivity index (χ0n) is 17.8. The molecule has 168 valence electrons. The van der Waals surface area contributed by atoms with E-state index in [-0.39, 0.29) is 10.7 Å². The molecule has 8 nitrogen and oxygen atoms in total. The lowest BCUT2D eigenvalue weighted by molar-refractivity contribution is -0.123. The molecule has 1 N–H and O–H groups in total. The Morgan fingerprint density at radius 3 is 2.38 bits per heavy atom. The van der Waals surface area contributed by atoms with Gasteiger partial charge in [0, 0.05) is 11.8 Å². The number of rotatable bonds is 7. The van der Waals surface area contributed by atoms with Crippen LogP contribution in [0.4, 0.5) is 10.1 Å². The van der Waals surface area contributed by atoms with Crippen molar-refractivity contribution in [3.63, 3.8) is 0 Å². The number of hydrogen-bond acceptors (Lipinski definition) is 6. The third-order valence-electron chi connectivity index (χ3n) is 4.58. The van der Waals surface area contributed by atoms with Gasteiger partial charge in [0.05, 0.1) is 25.6 Å². The topological polar surface area (TPSA) is 91.7 Å². The van der Waals surface area contributed by atoms with Gasteiger partial charge in [-0.25, -0.2) is 13.9 Å². The fourth-order valence-electron chi connectivity index (χ4n) is 2.92. The van der Waals surface area contributed by atoms with Gasteiger partial charge in [-0.1, -0.05) is 11.6 Å². The summed E-state index contributed by atoms with van der Waals surface area (Å²) in [5.74, 6) is -0.831. The van der Waals surface area contributed by atoms with E-state index in [1.807, 2.05) is 0 Å². The van der Waals surface area contributed by atoms with Gasteiger partial charge in [-0.2, -0.15) is 5.10 Å². The van der Waals surface area contributed by atoms with Gasteiger partial charge in [0.1, 0.15) is 16.5 Å². The maximum absolute atomic E-state index is 13.2. The van der Waals surface area contributed by atoms with Crippen LogP contribution in [0.5, 0.6) is 11.5 Å². The molecular formula is C22H21ClFN3O5. The van der Waals surface area contributed by atoms with Crippen LogP contribution in [0.2, 0.25) is 5.15 Å². The van der Waals surface area contributed by atoms with Gasteiger partial charge in [0.2, 0.25) is 0 Å². The van der Waals surface area contributed by atoms with Crippen LogP contribution in [-0.4, -0.2) is 42.0 Å². The Hall–Kier alpha value is -3.59. The van der Waals surface area contributed by atoms with Crippen molar-refractivity contribution in [1.29, 1.82) is 0 Å². The zero-order chi connectivity index (χ0) is 23.4. The molecule has 0 aliphatic carbocycles. The first-order valence-corrected chi connectivity index (χ1v) is 9.87. The lowest BCUT2D eigenvalue weighted by Gasteiger charge is -2.15. The molecular weight excluding hydrogens is 441 g/mol. The van der Waals surface area contributed by atoms with Crippen molar-refractivity contribution < 1.29 is 28.2 Å². The SMILES string of the molecule is COc1ccc(NC(=O)C(C)OC(=O)c2c(C)nn(-c3ccc(F)cc3)c2Cl)cc1OC. The Morgan fingerprint density at radius 1 is 1.09 bits per heavy atom. The molecule has 0 aliphatic heterocycles. The third-order valence-corrected chi connectivity index (χ3v) is 4.93. The van der Waals surface area contributed by atoms with Crippen molar-refractivity contribution in [3.8, 4) is 17.2 Å². The lowest BCUT2D eigenvalue weighted by Crippen LogP contribution is -2.30. The van der Waals surface area contributed by atoms with Crippen LogP contribution in [0.25, 0.3) is 5.69 Å². The molecule has 0 radical (unpaired) electrons. The summed E-state index contributed by atoms with van der Waals surface area (Å²) in [5, 5.41) is 6.86. The van der Waals surface area contributed by atoms with Crippen molar-refractivity contribution in [3.05, 3.63) is 64.7 Å². The van der Waals surface area contributed by atoms with Gasteiger partial charge in [-0.15, -0.1) is 0 Å². The van der Waals surface area contributed by atoms with Crippen molar-refractivity contribution in [2.75, 3.05) is 19.5 Å². The maximum atomic E-state index is 13.2. The van der Waals surface area contributed by atoms with Gasteiger partial charge >= 0.3 is 5.97 Å². The third kappa shape index (κ3) is 4.83. The molecule has 1 aromatic heterocycles. The highest BCUT2D eigenvalue weighted by molar-refractivity contribution is 6.33. The largest absolute Gasteiger partial charge is 0.493 e. The molecule has 10 heteroatoms. The number of carbonyl (C=O) groups excluding carboxylic acids is 2. The molecule has 2 aromatic carbocycles. The van der Waals surface area contributed by atoms with E-state index in [9.17, 15) is 14.0 Å². The van der Waals surface area contributed by atoms with Crippen LogP contribution in [0.15, 0.2) is 42.5 Å². The lowest BCUT2D eigenvalue weighted by atomic mass is 10.2. The molecule has 3 rings (SSSR count). The van der Waals surface area contributed by atoms with Crippen LogP contribution < -0.4 is 14.8 Å². The monoisotopic (exact) mass is 461 g/mol. The molecule has 1 amide bonds. The maximum Gasteiger partial charge on any atom is 0.344 e. The Bertz CT molecular complexity index is 1150. The first kappa shape index (κ1) is 23.1. The minimum Gasteiger partial charge on any atom is -0.493 e. The predicted octanol–water partition coefficient (Wildman–Crippen LogP) is 4.17. The van der Waals surface area contributed by atoms with Gasteiger partial charge < -0.3 is 19.5 Å². The Labute approximate surface area is 188 Å². The van der Waals surface area contributed by atoms with Gasteiger partial charge in [-0.3, -0.25) is 4.79 Å². The second-order valence-corrected chi connectivity index (χ2v) is 7.10. The van der Waals surface area contributed by atoms with Crippen molar-refractivity contribution in [2.45, 2.75) is 20.0 Å². The quantitative estimate of drug-likeness (QED) is 0.531. The summed E-state index contributed by atoms with van der Waals surface area (Å²) >= 11 is 6.33. The molecule has 32 heavy (non-hydrogen) atoms. The van der Waals surface area contributed by atoms with E-state index in [0.29, 0.717) is 28.6 Å². The average Bonchev–Trinajstić information content (AvgIpc) is 3.07. The number of nitrogens with zero attached hydrogens (tertiary/aromatic N) is 2. The summed E-state index contributed by atoms with van der Waals surface area (Å²) in [6.07, 6.45) is -1.12. The van der Waals surface area contributed by atoms with E-state index in [0.717, 1.165) is 0 Å². The van der Waals surface area contributed by atoms with Crippen LogP contribution >= 0.6 is 11.6 Å². The smallest absolute Gasteiger partial charge is 0.344 e. The standard InChI is InChI=1S/C22H21ClFN3O5/c1-12-19(20(23)27(26-12)16-8-5-14(24)6-9-16)22(29)32-13(2)21(28)25-15-7-10-17(30-3)18(11-15)31-4/h5-11,13H,1-4H3,(H,25,28). The van der Waals surface area contributed by atoms with Crippen LogP contribution in [0.1, 0.15) is 23.0 Å². The fraction of sp³-hybridized carbons (Fsp3) is 0.227. The number of halogens is 2. The summed E-state index contributed by atoms with van der Waals surface area (Å²) in [7, 11) is 2.98. The number of benzene rings is 2. The van der Waals surface area contributed by atoms with E-state index in [4.69, 9.17) is 25.8 Å². The van der Waals surface area contributed by atoms with E-state index in [1.165, 1.54) is 50.1 Å². The van der Waals surface area contributed by atoms with E-state index >= 15 is 0 Å². The highest BCUT2D eigenvalue weighted by atomic mass is 35.5. The Morgan fingerprint density at radius 2 is 1.75 bits per heavy atom. The minimum absolute atomic E-state index is 0.00777. The number of carbonyl (C=O) groups is 2. The molecule has 1 unspecified atom stereocenters. The predicted molar refractivity (Wildman–Crippen MR) is 116 cm³/mol. The van der Waals surface area contributed by atoms with Crippen LogP contribution in [0, 0.1) is 12.7 Å². The number of methoxy groups -OCH3 is 2. The summed E-state index contributed by atoms with van der Waals surface area (Å²) < 4.78 is 30.1. The highest BCUT2D eigenvalue weighted by Crippen LogP contribution is 2.30. The Kier molecular flexibility index (Phi) is 6.99. The van der Waals surface area contributed by atoms with E-state index < -0.39 is 23.8 Å². The molecule has 3 aromatic rings. The molecule has 0 aliphatic rings. The minimum atomic E-state index is -1.12. The summed E-state index contributed by atoms with van der Waals surface area (Å²) in [6.45, 7) is 3.01. The summed E-state index contributed by atoms with van der Waals surface area (Å²) in [5.41, 5.74) is 1.23. The van der Waals surface area contributed by atoms with Crippen molar-refractivity contribution >= 4 is 29.2 Å². The number of ether oxygens (including phenoxy) is 3. The number of nitrogens with one attached hydrogen (secondary N) is 1. The number of aromatic nitrogens is 2. The second-order valence-electron chi connectivity index (χ2n) is 6.75. The molecule has 0 saturated carbocycles. The highest BCUT2D eigenvalue weighted by Gasteiger charge is 2.26. The molecule has 0 spiro atoms. The average molecular weight is 462 g/mol. The molecule has 0 fully saturated rings. The number of amides is 1. The Balaban J connectivity index is 1.73. The first-order valence-electron chi connectivity index (χ1n) is 9.50. The van der Waals surface area contributed by atoms with Crippen molar-refractivity contribution in [1.82, 2.24) is 9.78 Å². The van der Waals surface area contributed by atoms with Crippen molar-refractivity contribution in [2.24, 2.45) is 0 Å². The number of aryl methyl sites for hydroxylation is 1. The van der Waals surface area contributed by atoms with Gasteiger partial charge in [-0.05, 0) is 50.2 Å². The second kappa shape index (κ2) is 9.69. The number of anilines is 1. The summed E-state index contributed by atoms with van der Waals surface area (Å²) in [6, 6.07) is 10.3. The van der Waals surface area contributed by atoms with E-state index in [1.54, 1.807) is 25.1 Å².